The van der Waals surface area contributed by atoms with Gasteiger partial charge in [-0.2, -0.15) is 0 Å². The van der Waals surface area contributed by atoms with Crippen LogP contribution < -0.4 is 11.3 Å². The molecule has 19 heavy (non-hydrogen) atoms. The third-order valence-corrected chi connectivity index (χ3v) is 5.14. The van der Waals surface area contributed by atoms with Crippen LogP contribution in [0.5, 0.6) is 0 Å². The Balaban J connectivity index is 2.19. The Hall–Kier alpha value is -0.680. The molecular weight excluding hydrogens is 320 g/mol. The summed E-state index contributed by atoms with van der Waals surface area (Å²) in [7, 11) is 0. The van der Waals surface area contributed by atoms with Gasteiger partial charge in [0.2, 0.25) is 0 Å². The highest BCUT2D eigenvalue weighted by Gasteiger charge is 2.14. The van der Waals surface area contributed by atoms with Gasteiger partial charge in [-0.3, -0.25) is 11.3 Å². The molecule has 0 aliphatic carbocycles. The summed E-state index contributed by atoms with van der Waals surface area (Å²) in [5, 5.41) is 0. The number of hydrazine groups is 1. The molecule has 0 amide bonds. The quantitative estimate of drug-likeness (QED) is 0.635. The normalized spacial score (nSPS) is 12.6. The molecule has 102 valence electrons. The zero-order valence-corrected chi connectivity index (χ0v) is 13.6. The standard InChI is InChI=1S/C15H19BrN2S/c1-3-11-5-6-12(19-11)9-15(18-17)13-7-4-10(2)8-14(13)16/h4-8,15,18H,3,9,17H2,1-2H3. The summed E-state index contributed by atoms with van der Waals surface area (Å²) in [6.07, 6.45) is 2.02. The molecule has 0 fully saturated rings. The van der Waals surface area contributed by atoms with E-state index in [0.29, 0.717) is 0 Å². The van der Waals surface area contributed by atoms with E-state index in [4.69, 9.17) is 5.84 Å². The van der Waals surface area contributed by atoms with Crippen molar-refractivity contribution in [1.29, 1.82) is 0 Å². The monoisotopic (exact) mass is 338 g/mol. The Kier molecular flexibility index (Phi) is 5.16. The summed E-state index contributed by atoms with van der Waals surface area (Å²) in [5.74, 6) is 5.73. The lowest BCUT2D eigenvalue weighted by Crippen LogP contribution is -2.29. The first-order chi connectivity index (χ1) is 9.13. The summed E-state index contributed by atoms with van der Waals surface area (Å²) < 4.78 is 1.11. The zero-order chi connectivity index (χ0) is 13.8. The van der Waals surface area contributed by atoms with E-state index in [2.05, 4.69) is 65.5 Å². The molecule has 1 atom stereocenters. The van der Waals surface area contributed by atoms with Crippen LogP contribution in [-0.2, 0) is 12.8 Å². The third-order valence-electron chi connectivity index (χ3n) is 3.20. The van der Waals surface area contributed by atoms with E-state index >= 15 is 0 Å². The highest BCUT2D eigenvalue weighted by Crippen LogP contribution is 2.29. The molecule has 1 unspecified atom stereocenters. The van der Waals surface area contributed by atoms with Gasteiger partial charge in [-0.15, -0.1) is 11.3 Å². The van der Waals surface area contributed by atoms with Crippen molar-refractivity contribution in [2.45, 2.75) is 32.7 Å². The van der Waals surface area contributed by atoms with E-state index in [-0.39, 0.29) is 6.04 Å². The van der Waals surface area contributed by atoms with Crippen molar-refractivity contribution >= 4 is 27.3 Å². The van der Waals surface area contributed by atoms with Gasteiger partial charge in [0.15, 0.2) is 0 Å². The van der Waals surface area contributed by atoms with Gasteiger partial charge >= 0.3 is 0 Å². The smallest absolute Gasteiger partial charge is 0.0519 e. The first-order valence-electron chi connectivity index (χ1n) is 6.43. The van der Waals surface area contributed by atoms with Crippen LogP contribution in [0.3, 0.4) is 0 Å². The molecule has 4 heteroatoms. The molecule has 0 radical (unpaired) electrons. The van der Waals surface area contributed by atoms with Crippen LogP contribution in [0.15, 0.2) is 34.8 Å². The topological polar surface area (TPSA) is 38.0 Å². The van der Waals surface area contributed by atoms with Crippen LogP contribution in [0.1, 0.15) is 33.8 Å². The molecule has 0 spiro atoms. The summed E-state index contributed by atoms with van der Waals surface area (Å²) in [5.41, 5.74) is 5.39. The van der Waals surface area contributed by atoms with Gasteiger partial charge in [0.1, 0.15) is 0 Å². The minimum Gasteiger partial charge on any atom is -0.271 e. The molecule has 3 N–H and O–H groups in total. The van der Waals surface area contributed by atoms with E-state index in [0.717, 1.165) is 17.3 Å². The van der Waals surface area contributed by atoms with Crippen LogP contribution in [0.2, 0.25) is 0 Å². The molecule has 1 heterocycles. The lowest BCUT2D eigenvalue weighted by atomic mass is 10.0. The minimum atomic E-state index is 0.137. The molecule has 0 saturated heterocycles. The molecule has 0 aliphatic heterocycles. The first kappa shape index (κ1) is 14.7. The van der Waals surface area contributed by atoms with Crippen LogP contribution in [-0.4, -0.2) is 0 Å². The van der Waals surface area contributed by atoms with Crippen LogP contribution in [0, 0.1) is 6.92 Å². The number of rotatable bonds is 5. The van der Waals surface area contributed by atoms with E-state index in [9.17, 15) is 0 Å². The Bertz CT molecular complexity index is 551. The third kappa shape index (κ3) is 3.66. The van der Waals surface area contributed by atoms with Gasteiger partial charge in [0.25, 0.3) is 0 Å². The number of nitrogens with one attached hydrogen (secondary N) is 1. The Labute approximate surface area is 127 Å². The lowest BCUT2D eigenvalue weighted by molar-refractivity contribution is 0.553. The SMILES string of the molecule is CCc1ccc(CC(NN)c2ccc(C)cc2Br)s1. The summed E-state index contributed by atoms with van der Waals surface area (Å²) in [4.78, 5) is 2.79. The van der Waals surface area contributed by atoms with Crippen molar-refractivity contribution in [3.8, 4) is 0 Å². The number of benzene rings is 1. The second kappa shape index (κ2) is 6.66. The molecule has 2 aromatic rings. The largest absolute Gasteiger partial charge is 0.271 e. The van der Waals surface area contributed by atoms with Crippen molar-refractivity contribution in [2.24, 2.45) is 5.84 Å². The molecule has 0 aliphatic rings. The molecular formula is C15H19BrN2S. The van der Waals surface area contributed by atoms with E-state index in [1.807, 2.05) is 11.3 Å². The number of aryl methyl sites for hydroxylation is 2. The van der Waals surface area contributed by atoms with Gasteiger partial charge in [-0.25, -0.2) is 0 Å². The molecule has 0 bridgehead atoms. The van der Waals surface area contributed by atoms with Crippen LogP contribution >= 0.6 is 27.3 Å². The predicted molar refractivity (Wildman–Crippen MR) is 86.3 cm³/mol. The summed E-state index contributed by atoms with van der Waals surface area (Å²) in [6.45, 7) is 4.27. The number of thiophene rings is 1. The Morgan fingerprint density at radius 2 is 2.00 bits per heavy atom. The highest BCUT2D eigenvalue weighted by molar-refractivity contribution is 9.10. The maximum absolute atomic E-state index is 5.73. The molecule has 2 rings (SSSR count). The fourth-order valence-corrected chi connectivity index (χ4v) is 3.87. The molecule has 2 nitrogen and oxygen atoms in total. The van der Waals surface area contributed by atoms with Crippen molar-refractivity contribution in [3.05, 3.63) is 55.7 Å². The predicted octanol–water partition coefficient (Wildman–Crippen LogP) is 4.13. The summed E-state index contributed by atoms with van der Waals surface area (Å²) >= 11 is 5.50. The van der Waals surface area contributed by atoms with E-state index in [1.165, 1.54) is 20.9 Å². The average Bonchev–Trinajstić information content (AvgIpc) is 2.84. The van der Waals surface area contributed by atoms with E-state index < -0.39 is 0 Å². The van der Waals surface area contributed by atoms with Gasteiger partial charge in [-0.1, -0.05) is 35.0 Å². The maximum atomic E-state index is 5.73. The van der Waals surface area contributed by atoms with Crippen LogP contribution in [0.25, 0.3) is 0 Å². The Morgan fingerprint density at radius 3 is 2.58 bits per heavy atom. The summed E-state index contributed by atoms with van der Waals surface area (Å²) in [6, 6.07) is 10.9. The van der Waals surface area contributed by atoms with Gasteiger partial charge in [-0.05, 0) is 42.7 Å². The number of hydrogen-bond donors (Lipinski definition) is 2. The van der Waals surface area contributed by atoms with Crippen molar-refractivity contribution in [2.75, 3.05) is 0 Å². The molecule has 1 aromatic carbocycles. The van der Waals surface area contributed by atoms with Gasteiger partial charge < -0.3 is 0 Å². The van der Waals surface area contributed by atoms with Crippen LogP contribution in [0.4, 0.5) is 0 Å². The lowest BCUT2D eigenvalue weighted by Gasteiger charge is -2.17. The first-order valence-corrected chi connectivity index (χ1v) is 8.04. The highest BCUT2D eigenvalue weighted by atomic mass is 79.9. The van der Waals surface area contributed by atoms with Gasteiger partial charge in [0, 0.05) is 20.6 Å². The zero-order valence-electron chi connectivity index (χ0n) is 11.2. The molecule has 1 aromatic heterocycles. The minimum absolute atomic E-state index is 0.137. The number of hydrogen-bond acceptors (Lipinski definition) is 3. The second-order valence-electron chi connectivity index (χ2n) is 4.67. The number of nitrogens with two attached hydrogens (primary N) is 1. The van der Waals surface area contributed by atoms with Crippen molar-refractivity contribution < 1.29 is 0 Å². The average molecular weight is 339 g/mol. The fourth-order valence-electron chi connectivity index (χ4n) is 2.10. The molecule has 0 saturated carbocycles. The Morgan fingerprint density at radius 1 is 1.26 bits per heavy atom. The maximum Gasteiger partial charge on any atom is 0.0519 e. The van der Waals surface area contributed by atoms with E-state index in [1.54, 1.807) is 0 Å². The number of halogens is 1. The fraction of sp³-hybridized carbons (Fsp3) is 0.333. The van der Waals surface area contributed by atoms with Gasteiger partial charge in [0.05, 0.1) is 6.04 Å². The van der Waals surface area contributed by atoms with Crippen molar-refractivity contribution in [3.63, 3.8) is 0 Å². The second-order valence-corrected chi connectivity index (χ2v) is 6.78. The van der Waals surface area contributed by atoms with Crippen molar-refractivity contribution in [1.82, 2.24) is 5.43 Å².